The molecule has 1 N–H and O–H groups in total. The lowest BCUT2D eigenvalue weighted by Gasteiger charge is -2.28. The van der Waals surface area contributed by atoms with Crippen LogP contribution in [-0.4, -0.2) is 5.54 Å². The van der Waals surface area contributed by atoms with Gasteiger partial charge in [0.05, 0.1) is 5.56 Å². The zero-order chi connectivity index (χ0) is 12.8. The second-order valence-electron chi connectivity index (χ2n) is 4.92. The summed E-state index contributed by atoms with van der Waals surface area (Å²) in [5.41, 5.74) is 0.885. The average Bonchev–Trinajstić information content (AvgIpc) is 2.51. The van der Waals surface area contributed by atoms with Crippen molar-refractivity contribution in [2.75, 3.05) is 5.32 Å². The summed E-state index contributed by atoms with van der Waals surface area (Å²) in [7, 11) is 0. The highest BCUT2D eigenvalue weighted by molar-refractivity contribution is 5.62. The Kier molecular flexibility index (Phi) is 2.64. The molecular formula is C13H16F3N. The largest absolute Gasteiger partial charge is 0.416 e. The molecule has 1 aromatic rings. The molecule has 1 aliphatic rings. The van der Waals surface area contributed by atoms with Crippen LogP contribution in [0.3, 0.4) is 0 Å². The molecule has 94 valence electrons. The van der Waals surface area contributed by atoms with Gasteiger partial charge in [-0.15, -0.1) is 0 Å². The number of rotatable bonds is 1. The van der Waals surface area contributed by atoms with Crippen LogP contribution in [0.1, 0.15) is 44.2 Å². The molecule has 2 atom stereocenters. The van der Waals surface area contributed by atoms with Gasteiger partial charge in [-0.25, -0.2) is 0 Å². The van der Waals surface area contributed by atoms with Gasteiger partial charge in [-0.2, -0.15) is 13.2 Å². The summed E-state index contributed by atoms with van der Waals surface area (Å²) < 4.78 is 37.9. The summed E-state index contributed by atoms with van der Waals surface area (Å²) in [6, 6.07) is 3.95. The summed E-state index contributed by atoms with van der Waals surface area (Å²) in [5, 5.41) is 3.32. The van der Waals surface area contributed by atoms with Gasteiger partial charge in [0.15, 0.2) is 0 Å². The molecule has 1 aliphatic heterocycles. The van der Waals surface area contributed by atoms with E-state index < -0.39 is 11.7 Å². The summed E-state index contributed by atoms with van der Waals surface area (Å²) in [4.78, 5) is 0. The van der Waals surface area contributed by atoms with Crippen LogP contribution in [0.4, 0.5) is 18.9 Å². The van der Waals surface area contributed by atoms with Crippen LogP contribution in [0.25, 0.3) is 0 Å². The van der Waals surface area contributed by atoms with E-state index in [9.17, 15) is 13.2 Å². The van der Waals surface area contributed by atoms with Crippen molar-refractivity contribution in [3.05, 3.63) is 29.3 Å². The van der Waals surface area contributed by atoms with Gasteiger partial charge in [0, 0.05) is 17.1 Å². The third-order valence-corrected chi connectivity index (χ3v) is 3.96. The molecule has 0 spiro atoms. The van der Waals surface area contributed by atoms with Crippen molar-refractivity contribution in [2.45, 2.75) is 44.8 Å². The summed E-state index contributed by atoms with van der Waals surface area (Å²) in [6.45, 7) is 6.06. The number of nitrogens with one attached hydrogen (secondary N) is 1. The van der Waals surface area contributed by atoms with E-state index in [2.05, 4.69) is 5.32 Å². The first-order chi connectivity index (χ1) is 7.78. The molecule has 1 aromatic carbocycles. The molecule has 0 amide bonds. The molecule has 17 heavy (non-hydrogen) atoms. The van der Waals surface area contributed by atoms with E-state index in [1.165, 1.54) is 12.1 Å². The Morgan fingerprint density at radius 2 is 2.00 bits per heavy atom. The van der Waals surface area contributed by atoms with Crippen molar-refractivity contribution in [3.8, 4) is 0 Å². The van der Waals surface area contributed by atoms with E-state index in [4.69, 9.17) is 0 Å². The maximum atomic E-state index is 12.6. The van der Waals surface area contributed by atoms with Crippen molar-refractivity contribution in [3.63, 3.8) is 0 Å². The van der Waals surface area contributed by atoms with Crippen LogP contribution in [0.5, 0.6) is 0 Å². The molecular weight excluding hydrogens is 227 g/mol. The molecule has 2 unspecified atom stereocenters. The molecule has 0 bridgehead atoms. The monoisotopic (exact) mass is 243 g/mol. The summed E-state index contributed by atoms with van der Waals surface area (Å²) >= 11 is 0. The SMILES string of the molecule is CCC1(C)Nc2ccc(C(F)(F)F)cc2C1C. The van der Waals surface area contributed by atoms with Gasteiger partial charge in [0.2, 0.25) is 0 Å². The van der Waals surface area contributed by atoms with Gasteiger partial charge in [0.25, 0.3) is 0 Å². The molecule has 2 rings (SSSR count). The molecule has 4 heteroatoms. The van der Waals surface area contributed by atoms with Crippen LogP contribution in [0, 0.1) is 0 Å². The zero-order valence-corrected chi connectivity index (χ0v) is 10.2. The maximum Gasteiger partial charge on any atom is 0.416 e. The lowest BCUT2D eigenvalue weighted by atomic mass is 9.83. The van der Waals surface area contributed by atoms with E-state index in [0.29, 0.717) is 0 Å². The second-order valence-corrected chi connectivity index (χ2v) is 4.92. The first kappa shape index (κ1) is 12.3. The summed E-state index contributed by atoms with van der Waals surface area (Å²) in [6.07, 6.45) is -3.38. The molecule has 1 heterocycles. The molecule has 1 nitrogen and oxygen atoms in total. The zero-order valence-electron chi connectivity index (χ0n) is 10.2. The third kappa shape index (κ3) is 1.90. The molecule has 0 aromatic heterocycles. The topological polar surface area (TPSA) is 12.0 Å². The van der Waals surface area contributed by atoms with Crippen LogP contribution >= 0.6 is 0 Å². The van der Waals surface area contributed by atoms with Crippen LogP contribution in [-0.2, 0) is 6.18 Å². The number of fused-ring (bicyclic) bond motifs is 1. The van der Waals surface area contributed by atoms with Crippen molar-refractivity contribution < 1.29 is 13.2 Å². The van der Waals surface area contributed by atoms with Crippen LogP contribution < -0.4 is 5.32 Å². The molecule has 0 radical (unpaired) electrons. The smallest absolute Gasteiger partial charge is 0.379 e. The minimum atomic E-state index is -4.26. The van der Waals surface area contributed by atoms with E-state index in [-0.39, 0.29) is 11.5 Å². The van der Waals surface area contributed by atoms with Crippen LogP contribution in [0.15, 0.2) is 18.2 Å². The first-order valence-corrected chi connectivity index (χ1v) is 5.77. The fourth-order valence-corrected chi connectivity index (χ4v) is 2.36. The Bertz CT molecular complexity index is 439. The van der Waals surface area contributed by atoms with Gasteiger partial charge in [-0.05, 0) is 37.1 Å². The fraction of sp³-hybridized carbons (Fsp3) is 0.538. The predicted octanol–water partition coefficient (Wildman–Crippen LogP) is 4.40. The number of anilines is 1. The van der Waals surface area contributed by atoms with Gasteiger partial charge in [0.1, 0.15) is 0 Å². The normalized spacial score (nSPS) is 27.8. The number of hydrogen-bond donors (Lipinski definition) is 1. The van der Waals surface area contributed by atoms with Crippen molar-refractivity contribution in [2.24, 2.45) is 0 Å². The lowest BCUT2D eigenvalue weighted by molar-refractivity contribution is -0.137. The maximum absolute atomic E-state index is 12.6. The first-order valence-electron chi connectivity index (χ1n) is 5.77. The Balaban J connectivity index is 2.45. The van der Waals surface area contributed by atoms with E-state index in [1.807, 2.05) is 20.8 Å². The van der Waals surface area contributed by atoms with E-state index in [0.717, 1.165) is 23.7 Å². The Morgan fingerprint density at radius 1 is 1.35 bits per heavy atom. The Morgan fingerprint density at radius 3 is 2.53 bits per heavy atom. The molecule has 0 saturated heterocycles. The highest BCUT2D eigenvalue weighted by Crippen LogP contribution is 2.45. The molecule has 0 aliphatic carbocycles. The van der Waals surface area contributed by atoms with E-state index >= 15 is 0 Å². The second kappa shape index (κ2) is 3.65. The Labute approximate surface area is 99.0 Å². The standard InChI is InChI=1S/C13H16F3N/c1-4-12(3)8(2)10-7-9(13(14,15)16)5-6-11(10)17-12/h5-8,17H,4H2,1-3H3. The van der Waals surface area contributed by atoms with E-state index in [1.54, 1.807) is 0 Å². The highest BCUT2D eigenvalue weighted by atomic mass is 19.4. The van der Waals surface area contributed by atoms with Crippen LogP contribution in [0.2, 0.25) is 0 Å². The third-order valence-electron chi connectivity index (χ3n) is 3.96. The summed E-state index contributed by atoms with van der Waals surface area (Å²) in [5.74, 6) is 0.0878. The molecule has 0 fully saturated rings. The number of halogens is 3. The van der Waals surface area contributed by atoms with Gasteiger partial charge < -0.3 is 5.32 Å². The van der Waals surface area contributed by atoms with Crippen molar-refractivity contribution >= 4 is 5.69 Å². The Hall–Kier alpha value is -1.19. The fourth-order valence-electron chi connectivity index (χ4n) is 2.36. The minimum Gasteiger partial charge on any atom is -0.379 e. The molecule has 0 saturated carbocycles. The number of alkyl halides is 3. The van der Waals surface area contributed by atoms with Gasteiger partial charge in [-0.3, -0.25) is 0 Å². The number of hydrogen-bond acceptors (Lipinski definition) is 1. The van der Waals surface area contributed by atoms with Crippen molar-refractivity contribution in [1.82, 2.24) is 0 Å². The van der Waals surface area contributed by atoms with Crippen molar-refractivity contribution in [1.29, 1.82) is 0 Å². The minimum absolute atomic E-state index is 0.0878. The average molecular weight is 243 g/mol. The number of benzene rings is 1. The lowest BCUT2D eigenvalue weighted by Crippen LogP contribution is -2.33. The quantitative estimate of drug-likeness (QED) is 0.770. The van der Waals surface area contributed by atoms with Gasteiger partial charge in [-0.1, -0.05) is 13.8 Å². The predicted molar refractivity (Wildman–Crippen MR) is 62.2 cm³/mol. The highest BCUT2D eigenvalue weighted by Gasteiger charge is 2.40. The van der Waals surface area contributed by atoms with Gasteiger partial charge >= 0.3 is 6.18 Å².